The highest BCUT2D eigenvalue weighted by Gasteiger charge is 2.11. The van der Waals surface area contributed by atoms with Crippen LogP contribution in [0.2, 0.25) is 0 Å². The molecule has 3 nitrogen and oxygen atoms in total. The molecule has 86 valence electrons. The molecule has 0 saturated carbocycles. The lowest BCUT2D eigenvalue weighted by Crippen LogP contribution is -2.23. The average Bonchev–Trinajstić information content (AvgIpc) is 2.58. The molecule has 0 aliphatic carbocycles. The van der Waals surface area contributed by atoms with Gasteiger partial charge in [-0.05, 0) is 62.5 Å². The average molecular weight is 275 g/mol. The highest BCUT2D eigenvalue weighted by molar-refractivity contribution is 9.10. The highest BCUT2D eigenvalue weighted by atomic mass is 79.9. The number of hydrogen-bond donors (Lipinski definition) is 1. The molecule has 1 unspecified atom stereocenters. The van der Waals surface area contributed by atoms with Gasteiger partial charge in [0.25, 0.3) is 0 Å². The van der Waals surface area contributed by atoms with Gasteiger partial charge in [-0.25, -0.2) is 0 Å². The number of rotatable bonds is 6. The van der Waals surface area contributed by atoms with Crippen molar-refractivity contribution in [2.45, 2.75) is 19.4 Å². The van der Waals surface area contributed by atoms with E-state index in [1.807, 2.05) is 6.07 Å². The van der Waals surface area contributed by atoms with Crippen molar-refractivity contribution < 1.29 is 4.42 Å². The van der Waals surface area contributed by atoms with Crippen LogP contribution in [0.4, 0.5) is 0 Å². The van der Waals surface area contributed by atoms with E-state index in [-0.39, 0.29) is 6.04 Å². The van der Waals surface area contributed by atoms with E-state index in [2.05, 4.69) is 47.2 Å². The molecule has 1 aromatic heterocycles. The second-order valence-corrected chi connectivity index (χ2v) is 4.82. The molecule has 1 heterocycles. The van der Waals surface area contributed by atoms with Gasteiger partial charge in [-0.1, -0.05) is 0 Å². The van der Waals surface area contributed by atoms with Crippen molar-refractivity contribution in [1.82, 2.24) is 10.2 Å². The quantitative estimate of drug-likeness (QED) is 0.809. The predicted molar refractivity (Wildman–Crippen MR) is 66.0 cm³/mol. The molecule has 1 aromatic rings. The van der Waals surface area contributed by atoms with Crippen LogP contribution >= 0.6 is 15.9 Å². The zero-order valence-electron chi connectivity index (χ0n) is 9.59. The van der Waals surface area contributed by atoms with E-state index >= 15 is 0 Å². The number of halogens is 1. The van der Waals surface area contributed by atoms with Gasteiger partial charge >= 0.3 is 0 Å². The Bertz CT molecular complexity index is 286. The van der Waals surface area contributed by atoms with Gasteiger partial charge in [0.2, 0.25) is 0 Å². The maximum atomic E-state index is 5.38. The molecule has 4 heteroatoms. The molecule has 0 radical (unpaired) electrons. The fourth-order valence-corrected chi connectivity index (χ4v) is 1.97. The van der Waals surface area contributed by atoms with E-state index in [1.165, 1.54) is 0 Å². The Balaban J connectivity index is 2.25. The van der Waals surface area contributed by atoms with Crippen LogP contribution in [0.3, 0.4) is 0 Å². The van der Waals surface area contributed by atoms with E-state index in [0.717, 1.165) is 29.7 Å². The lowest BCUT2D eigenvalue weighted by molar-refractivity contribution is 0.377. The van der Waals surface area contributed by atoms with Crippen molar-refractivity contribution >= 4 is 15.9 Å². The maximum absolute atomic E-state index is 5.38. The van der Waals surface area contributed by atoms with Gasteiger partial charge in [-0.15, -0.1) is 0 Å². The molecule has 0 amide bonds. The molecule has 0 fully saturated rings. The summed E-state index contributed by atoms with van der Waals surface area (Å²) in [7, 11) is 4.18. The second-order valence-electron chi connectivity index (χ2n) is 3.97. The molecular weight excluding hydrogens is 256 g/mol. The van der Waals surface area contributed by atoms with Crippen LogP contribution in [0.5, 0.6) is 0 Å². The molecule has 0 bridgehead atoms. The van der Waals surface area contributed by atoms with Crippen molar-refractivity contribution in [2.24, 2.45) is 0 Å². The SMILES string of the molecule is CC(NCCCN(C)C)c1occc1Br. The zero-order valence-corrected chi connectivity index (χ0v) is 11.2. The van der Waals surface area contributed by atoms with Gasteiger partial charge in [-0.2, -0.15) is 0 Å². The molecule has 15 heavy (non-hydrogen) atoms. The summed E-state index contributed by atoms with van der Waals surface area (Å²) >= 11 is 3.46. The minimum atomic E-state index is 0.261. The first-order valence-electron chi connectivity index (χ1n) is 5.22. The summed E-state index contributed by atoms with van der Waals surface area (Å²) < 4.78 is 6.42. The van der Waals surface area contributed by atoms with Crippen molar-refractivity contribution in [3.8, 4) is 0 Å². The van der Waals surface area contributed by atoms with Crippen LogP contribution in [0.1, 0.15) is 25.1 Å². The lowest BCUT2D eigenvalue weighted by atomic mass is 10.2. The van der Waals surface area contributed by atoms with Gasteiger partial charge in [0.15, 0.2) is 0 Å². The van der Waals surface area contributed by atoms with Crippen molar-refractivity contribution in [3.63, 3.8) is 0 Å². The van der Waals surface area contributed by atoms with Gasteiger partial charge in [0, 0.05) is 0 Å². The van der Waals surface area contributed by atoms with Crippen molar-refractivity contribution in [3.05, 3.63) is 22.6 Å². The van der Waals surface area contributed by atoms with Crippen LogP contribution in [0.15, 0.2) is 21.2 Å². The summed E-state index contributed by atoms with van der Waals surface area (Å²) in [4.78, 5) is 2.19. The van der Waals surface area contributed by atoms with E-state index in [0.29, 0.717) is 0 Å². The van der Waals surface area contributed by atoms with E-state index < -0.39 is 0 Å². The predicted octanol–water partition coefficient (Wildman–Crippen LogP) is 2.64. The number of furan rings is 1. The minimum absolute atomic E-state index is 0.261. The maximum Gasteiger partial charge on any atom is 0.134 e. The van der Waals surface area contributed by atoms with Crippen LogP contribution in [0, 0.1) is 0 Å². The Labute approximate surface area is 100.0 Å². The molecule has 0 saturated heterocycles. The summed E-state index contributed by atoms with van der Waals surface area (Å²) in [6, 6.07) is 2.18. The van der Waals surface area contributed by atoms with Crippen LogP contribution in [-0.4, -0.2) is 32.1 Å². The Kier molecular flexibility index (Phi) is 5.36. The third kappa shape index (κ3) is 4.36. The van der Waals surface area contributed by atoms with E-state index in [1.54, 1.807) is 6.26 Å². The Morgan fingerprint density at radius 1 is 1.53 bits per heavy atom. The van der Waals surface area contributed by atoms with Gasteiger partial charge in [0.1, 0.15) is 5.76 Å². The third-order valence-corrected chi connectivity index (χ3v) is 2.93. The second kappa shape index (κ2) is 6.30. The summed E-state index contributed by atoms with van der Waals surface area (Å²) in [5.74, 6) is 0.972. The topological polar surface area (TPSA) is 28.4 Å². The fraction of sp³-hybridized carbons (Fsp3) is 0.636. The molecule has 1 atom stereocenters. The van der Waals surface area contributed by atoms with E-state index in [4.69, 9.17) is 4.42 Å². The molecule has 1 rings (SSSR count). The van der Waals surface area contributed by atoms with Crippen molar-refractivity contribution in [1.29, 1.82) is 0 Å². The van der Waals surface area contributed by atoms with Gasteiger partial charge in [-0.3, -0.25) is 0 Å². The summed E-state index contributed by atoms with van der Waals surface area (Å²) in [5.41, 5.74) is 0. The van der Waals surface area contributed by atoms with E-state index in [9.17, 15) is 0 Å². The first-order valence-corrected chi connectivity index (χ1v) is 6.01. The van der Waals surface area contributed by atoms with Gasteiger partial charge < -0.3 is 14.6 Å². The molecule has 0 aliphatic heterocycles. The van der Waals surface area contributed by atoms with Gasteiger partial charge in [0.05, 0.1) is 16.8 Å². The van der Waals surface area contributed by atoms with Crippen LogP contribution in [-0.2, 0) is 0 Å². The lowest BCUT2D eigenvalue weighted by Gasteiger charge is -2.13. The first kappa shape index (κ1) is 12.7. The molecule has 0 aliphatic rings. The molecule has 0 spiro atoms. The minimum Gasteiger partial charge on any atom is -0.466 e. The normalized spacial score (nSPS) is 13.4. The van der Waals surface area contributed by atoms with Crippen molar-refractivity contribution in [2.75, 3.05) is 27.2 Å². The highest BCUT2D eigenvalue weighted by Crippen LogP contribution is 2.23. The van der Waals surface area contributed by atoms with Crippen LogP contribution in [0.25, 0.3) is 0 Å². The Hall–Kier alpha value is -0.320. The summed E-state index contributed by atoms with van der Waals surface area (Å²) in [6.07, 6.45) is 2.85. The zero-order chi connectivity index (χ0) is 11.3. The largest absolute Gasteiger partial charge is 0.466 e. The Morgan fingerprint density at radius 3 is 2.80 bits per heavy atom. The third-order valence-electron chi connectivity index (χ3n) is 2.27. The Morgan fingerprint density at radius 2 is 2.27 bits per heavy atom. The van der Waals surface area contributed by atoms with Crippen LogP contribution < -0.4 is 5.32 Å². The monoisotopic (exact) mass is 274 g/mol. The molecular formula is C11H19BrN2O. The standard InChI is InChI=1S/C11H19BrN2O/c1-9(11-10(12)5-8-15-11)13-6-4-7-14(2)3/h5,8-9,13H,4,6-7H2,1-3H3. The number of hydrogen-bond acceptors (Lipinski definition) is 3. The fourth-order valence-electron chi connectivity index (χ4n) is 1.42. The first-order chi connectivity index (χ1) is 7.11. The summed E-state index contributed by atoms with van der Waals surface area (Å²) in [6.45, 7) is 4.23. The molecule has 0 aromatic carbocycles. The number of nitrogens with one attached hydrogen (secondary N) is 1. The number of nitrogens with zero attached hydrogens (tertiary/aromatic N) is 1. The smallest absolute Gasteiger partial charge is 0.134 e. The molecule has 1 N–H and O–H groups in total. The summed E-state index contributed by atoms with van der Waals surface area (Å²) in [5, 5.41) is 3.43.